The van der Waals surface area contributed by atoms with Gasteiger partial charge in [-0.05, 0) is 17.7 Å². The highest BCUT2D eigenvalue weighted by Gasteiger charge is 2.13. The molecule has 0 aliphatic heterocycles. The average molecular weight is 320 g/mol. The fraction of sp³-hybridized carbons (Fsp3) is 0.118. The Morgan fingerprint density at radius 2 is 1.96 bits per heavy atom. The first kappa shape index (κ1) is 14.3. The van der Waals surface area contributed by atoms with E-state index in [0.717, 1.165) is 11.3 Å². The molecular weight excluding hydrogens is 304 g/mol. The number of nitrogen functional groups attached to an aromatic ring is 1. The van der Waals surface area contributed by atoms with Crippen molar-refractivity contribution in [3.63, 3.8) is 0 Å². The maximum absolute atomic E-state index is 5.75. The standard InChI is InChI=1S/C17H16N6O/c1-24-15-8-7-14(23-16(15)20-17(18)21-23)13-9-19-22(11-13)10-12-5-3-2-4-6-12/h2-9,11H,10H2,1H3,(H2,18,21). The summed E-state index contributed by atoms with van der Waals surface area (Å²) < 4.78 is 8.88. The Morgan fingerprint density at radius 1 is 1.12 bits per heavy atom. The molecule has 3 aromatic heterocycles. The lowest BCUT2D eigenvalue weighted by molar-refractivity contribution is 0.416. The number of nitrogens with two attached hydrogens (primary N) is 1. The van der Waals surface area contributed by atoms with Gasteiger partial charge in [0.05, 0.1) is 25.5 Å². The van der Waals surface area contributed by atoms with Crippen molar-refractivity contribution in [1.82, 2.24) is 24.4 Å². The van der Waals surface area contributed by atoms with Crippen molar-refractivity contribution in [2.24, 2.45) is 0 Å². The summed E-state index contributed by atoms with van der Waals surface area (Å²) in [4.78, 5) is 4.22. The number of fused-ring (bicyclic) bond motifs is 1. The zero-order valence-electron chi connectivity index (χ0n) is 13.1. The predicted molar refractivity (Wildman–Crippen MR) is 90.7 cm³/mol. The molecule has 4 aromatic rings. The van der Waals surface area contributed by atoms with Crippen molar-refractivity contribution in [3.8, 4) is 17.0 Å². The maximum Gasteiger partial charge on any atom is 0.240 e. The van der Waals surface area contributed by atoms with Gasteiger partial charge in [0.25, 0.3) is 0 Å². The van der Waals surface area contributed by atoms with Crippen LogP contribution in [0.5, 0.6) is 5.75 Å². The van der Waals surface area contributed by atoms with Gasteiger partial charge in [-0.2, -0.15) is 10.1 Å². The third-order valence-corrected chi connectivity index (χ3v) is 3.80. The first-order valence-electron chi connectivity index (χ1n) is 7.50. The molecule has 0 atom stereocenters. The third kappa shape index (κ3) is 2.45. The minimum atomic E-state index is 0.206. The van der Waals surface area contributed by atoms with Crippen LogP contribution in [0.3, 0.4) is 0 Å². The maximum atomic E-state index is 5.75. The third-order valence-electron chi connectivity index (χ3n) is 3.80. The summed E-state index contributed by atoms with van der Waals surface area (Å²) in [7, 11) is 1.60. The highest BCUT2D eigenvalue weighted by atomic mass is 16.5. The second-order valence-corrected chi connectivity index (χ2v) is 5.40. The molecule has 2 N–H and O–H groups in total. The molecule has 7 nitrogen and oxygen atoms in total. The van der Waals surface area contributed by atoms with Gasteiger partial charge in [-0.3, -0.25) is 4.68 Å². The molecule has 0 fully saturated rings. The number of anilines is 1. The molecule has 0 spiro atoms. The van der Waals surface area contributed by atoms with E-state index in [1.54, 1.807) is 11.6 Å². The number of hydrogen-bond acceptors (Lipinski definition) is 5. The van der Waals surface area contributed by atoms with Crippen molar-refractivity contribution < 1.29 is 4.74 Å². The largest absolute Gasteiger partial charge is 0.493 e. The topological polar surface area (TPSA) is 83.3 Å². The molecule has 0 bridgehead atoms. The van der Waals surface area contributed by atoms with Gasteiger partial charge < -0.3 is 10.5 Å². The van der Waals surface area contributed by atoms with Gasteiger partial charge in [-0.25, -0.2) is 4.52 Å². The number of aromatic nitrogens is 5. The summed E-state index contributed by atoms with van der Waals surface area (Å²) in [5.74, 6) is 0.831. The second-order valence-electron chi connectivity index (χ2n) is 5.40. The van der Waals surface area contributed by atoms with E-state index in [0.29, 0.717) is 17.9 Å². The molecule has 0 saturated carbocycles. The van der Waals surface area contributed by atoms with Crippen molar-refractivity contribution in [3.05, 3.63) is 60.4 Å². The molecule has 0 unspecified atom stereocenters. The Balaban J connectivity index is 1.73. The van der Waals surface area contributed by atoms with Crippen LogP contribution in [-0.2, 0) is 6.54 Å². The summed E-state index contributed by atoms with van der Waals surface area (Å²) in [6.45, 7) is 0.708. The van der Waals surface area contributed by atoms with Crippen molar-refractivity contribution in [1.29, 1.82) is 0 Å². The fourth-order valence-electron chi connectivity index (χ4n) is 2.69. The number of ether oxygens (including phenoxy) is 1. The summed E-state index contributed by atoms with van der Waals surface area (Å²) in [6, 6.07) is 14.0. The lowest BCUT2D eigenvalue weighted by Gasteiger charge is -2.05. The van der Waals surface area contributed by atoms with E-state index < -0.39 is 0 Å². The van der Waals surface area contributed by atoms with E-state index in [4.69, 9.17) is 10.5 Å². The Morgan fingerprint density at radius 3 is 2.75 bits per heavy atom. The smallest absolute Gasteiger partial charge is 0.240 e. The van der Waals surface area contributed by atoms with Crippen LogP contribution in [0.2, 0.25) is 0 Å². The van der Waals surface area contributed by atoms with Crippen LogP contribution in [-0.4, -0.2) is 31.5 Å². The minimum absolute atomic E-state index is 0.206. The molecule has 0 amide bonds. The van der Waals surface area contributed by atoms with Crippen LogP contribution < -0.4 is 10.5 Å². The van der Waals surface area contributed by atoms with Crippen LogP contribution in [0.25, 0.3) is 16.9 Å². The van der Waals surface area contributed by atoms with E-state index in [2.05, 4.69) is 27.3 Å². The normalized spacial score (nSPS) is 11.0. The molecule has 0 aliphatic carbocycles. The summed E-state index contributed by atoms with van der Waals surface area (Å²) >= 11 is 0. The van der Waals surface area contributed by atoms with E-state index in [-0.39, 0.29) is 5.95 Å². The number of nitrogens with zero attached hydrogens (tertiary/aromatic N) is 5. The Bertz CT molecular complexity index is 989. The van der Waals surface area contributed by atoms with Crippen LogP contribution in [0.4, 0.5) is 5.95 Å². The Kier molecular flexibility index (Phi) is 3.38. The number of hydrogen-bond donors (Lipinski definition) is 1. The number of rotatable bonds is 4. The molecular formula is C17H16N6O. The van der Waals surface area contributed by atoms with Gasteiger partial charge in [-0.1, -0.05) is 30.3 Å². The highest BCUT2D eigenvalue weighted by Crippen LogP contribution is 2.26. The highest BCUT2D eigenvalue weighted by molar-refractivity contribution is 5.66. The quantitative estimate of drug-likeness (QED) is 0.623. The molecule has 24 heavy (non-hydrogen) atoms. The van der Waals surface area contributed by atoms with Crippen LogP contribution in [0.15, 0.2) is 54.9 Å². The molecule has 4 rings (SSSR count). The molecule has 120 valence electrons. The number of pyridine rings is 1. The second kappa shape index (κ2) is 5.69. The van der Waals surface area contributed by atoms with E-state index in [9.17, 15) is 0 Å². The first-order chi connectivity index (χ1) is 11.7. The Hall–Kier alpha value is -3.35. The molecule has 0 radical (unpaired) electrons. The molecule has 7 heteroatoms. The van der Waals surface area contributed by atoms with Gasteiger partial charge >= 0.3 is 0 Å². The van der Waals surface area contributed by atoms with E-state index in [1.807, 2.05) is 47.4 Å². The fourth-order valence-corrected chi connectivity index (χ4v) is 2.69. The predicted octanol–water partition coefficient (Wildman–Crippen LogP) is 2.23. The number of methoxy groups -OCH3 is 1. The average Bonchev–Trinajstić information content (AvgIpc) is 3.21. The van der Waals surface area contributed by atoms with Gasteiger partial charge in [0, 0.05) is 11.8 Å². The molecule has 0 saturated heterocycles. The van der Waals surface area contributed by atoms with E-state index >= 15 is 0 Å². The van der Waals surface area contributed by atoms with E-state index in [1.165, 1.54) is 5.56 Å². The van der Waals surface area contributed by atoms with Crippen LogP contribution >= 0.6 is 0 Å². The zero-order valence-corrected chi connectivity index (χ0v) is 13.1. The lowest BCUT2D eigenvalue weighted by atomic mass is 10.2. The molecule has 1 aromatic carbocycles. The molecule has 0 aliphatic rings. The monoisotopic (exact) mass is 320 g/mol. The Labute approximate surface area is 138 Å². The molecule has 3 heterocycles. The van der Waals surface area contributed by atoms with Gasteiger partial charge in [0.15, 0.2) is 11.4 Å². The van der Waals surface area contributed by atoms with Crippen LogP contribution in [0, 0.1) is 0 Å². The summed E-state index contributed by atoms with van der Waals surface area (Å²) in [5, 5.41) is 8.69. The van der Waals surface area contributed by atoms with Crippen LogP contribution in [0.1, 0.15) is 5.56 Å². The SMILES string of the molecule is COc1ccc(-c2cnn(Cc3ccccc3)c2)n2nc(N)nc12. The van der Waals surface area contributed by atoms with Gasteiger partial charge in [0.1, 0.15) is 0 Å². The van der Waals surface area contributed by atoms with Crippen molar-refractivity contribution in [2.75, 3.05) is 12.8 Å². The summed E-state index contributed by atoms with van der Waals surface area (Å²) in [6.07, 6.45) is 3.79. The number of benzene rings is 1. The lowest BCUT2D eigenvalue weighted by Crippen LogP contribution is -1.99. The summed E-state index contributed by atoms with van der Waals surface area (Å²) in [5.41, 5.74) is 9.32. The first-order valence-corrected chi connectivity index (χ1v) is 7.50. The zero-order chi connectivity index (χ0) is 16.5. The minimum Gasteiger partial charge on any atom is -0.493 e. The van der Waals surface area contributed by atoms with Gasteiger partial charge in [0.2, 0.25) is 5.95 Å². The van der Waals surface area contributed by atoms with Crippen molar-refractivity contribution in [2.45, 2.75) is 6.54 Å². The van der Waals surface area contributed by atoms with Gasteiger partial charge in [-0.15, -0.1) is 5.10 Å². The van der Waals surface area contributed by atoms with Crippen molar-refractivity contribution >= 4 is 11.6 Å².